The number of hydrogen-bond acceptors (Lipinski definition) is 3. The highest BCUT2D eigenvalue weighted by Gasteiger charge is 2.36. The molecule has 1 aromatic carbocycles. The molecule has 27 heavy (non-hydrogen) atoms. The van der Waals surface area contributed by atoms with Crippen LogP contribution < -0.4 is 4.74 Å². The molecule has 3 rings (SSSR count). The lowest BCUT2D eigenvalue weighted by atomic mass is 10.1. The van der Waals surface area contributed by atoms with Crippen LogP contribution in [0.2, 0.25) is 5.15 Å². The number of hydrogen-bond donors (Lipinski definition) is 1. The van der Waals surface area contributed by atoms with Gasteiger partial charge in [0, 0.05) is 19.5 Å². The molecule has 1 N–H and O–H groups in total. The minimum atomic E-state index is -4.49. The lowest BCUT2D eigenvalue weighted by Crippen LogP contribution is -2.44. The largest absolute Gasteiger partial charge is 0.491 e. The van der Waals surface area contributed by atoms with Crippen molar-refractivity contribution in [3.8, 4) is 5.75 Å². The van der Waals surface area contributed by atoms with Crippen LogP contribution in [0.3, 0.4) is 0 Å². The third-order valence-corrected chi connectivity index (χ3v) is 4.71. The minimum absolute atomic E-state index is 0.00126. The molecule has 0 saturated heterocycles. The van der Waals surface area contributed by atoms with Gasteiger partial charge in [-0.3, -0.25) is 4.90 Å². The van der Waals surface area contributed by atoms with Crippen LogP contribution in [0.1, 0.15) is 30.0 Å². The van der Waals surface area contributed by atoms with Crippen LogP contribution in [0.5, 0.6) is 5.75 Å². The number of fused-ring (bicyclic) bond motifs is 1. The number of benzene rings is 1. The molecule has 1 aliphatic rings. The van der Waals surface area contributed by atoms with Crippen LogP contribution in [-0.2, 0) is 19.1 Å². The highest BCUT2D eigenvalue weighted by atomic mass is 35.5. The Morgan fingerprint density at radius 1 is 1.41 bits per heavy atom. The Balaban J connectivity index is 1.88. The average molecular weight is 404 g/mol. The smallest absolute Gasteiger partial charge is 0.416 e. The molecule has 1 aliphatic heterocycles. The van der Waals surface area contributed by atoms with Gasteiger partial charge in [0.25, 0.3) is 0 Å². The molecule has 2 aromatic rings. The maximum atomic E-state index is 12.9. The van der Waals surface area contributed by atoms with Crippen molar-refractivity contribution in [3.63, 3.8) is 0 Å². The maximum Gasteiger partial charge on any atom is 0.416 e. The van der Waals surface area contributed by atoms with E-state index in [0.717, 1.165) is 22.9 Å². The molecule has 0 radical (unpaired) electrons. The molecule has 1 atom stereocenters. The number of carbonyl (C=O) groups is 1. The summed E-state index contributed by atoms with van der Waals surface area (Å²) in [5.74, 6) is 0.725. The second kappa shape index (κ2) is 7.30. The third-order valence-electron chi connectivity index (χ3n) is 4.43. The van der Waals surface area contributed by atoms with Gasteiger partial charge in [0.15, 0.2) is 5.15 Å². The Morgan fingerprint density at radius 2 is 2.15 bits per heavy atom. The summed E-state index contributed by atoms with van der Waals surface area (Å²) >= 11 is 6.22. The first kappa shape index (κ1) is 19.3. The Hall–Kier alpha value is -2.42. The van der Waals surface area contributed by atoms with E-state index in [1.54, 1.807) is 0 Å². The van der Waals surface area contributed by atoms with Gasteiger partial charge in [0.2, 0.25) is 0 Å². The molecule has 6 nitrogen and oxygen atoms in total. The second-order valence-electron chi connectivity index (χ2n) is 6.04. The molecule has 0 saturated carbocycles. The van der Waals surface area contributed by atoms with Gasteiger partial charge in [0.05, 0.1) is 11.3 Å². The van der Waals surface area contributed by atoms with Gasteiger partial charge in [-0.05, 0) is 18.2 Å². The van der Waals surface area contributed by atoms with Gasteiger partial charge < -0.3 is 14.4 Å². The summed E-state index contributed by atoms with van der Waals surface area (Å²) in [6, 6.07) is 3.67. The number of rotatable bonds is 4. The molecular weight excluding hydrogens is 387 g/mol. The number of imidazole rings is 1. The van der Waals surface area contributed by atoms with Crippen molar-refractivity contribution in [1.29, 1.82) is 0 Å². The van der Waals surface area contributed by atoms with E-state index in [1.165, 1.54) is 12.1 Å². The normalized spacial score (nSPS) is 16.9. The first-order valence-electron chi connectivity index (χ1n) is 8.26. The third kappa shape index (κ3) is 3.83. The summed E-state index contributed by atoms with van der Waals surface area (Å²) in [5, 5.41) is 9.66. The van der Waals surface area contributed by atoms with Crippen molar-refractivity contribution >= 4 is 17.7 Å². The molecule has 0 bridgehead atoms. The lowest BCUT2D eigenvalue weighted by molar-refractivity contribution is -0.137. The molecule has 0 spiro atoms. The lowest BCUT2D eigenvalue weighted by Gasteiger charge is -2.35. The molecule has 1 unspecified atom stereocenters. The fourth-order valence-electron chi connectivity index (χ4n) is 3.16. The van der Waals surface area contributed by atoms with E-state index in [4.69, 9.17) is 16.3 Å². The topological polar surface area (TPSA) is 67.6 Å². The molecule has 1 amide bonds. The van der Waals surface area contributed by atoms with Crippen molar-refractivity contribution in [2.24, 2.45) is 0 Å². The van der Waals surface area contributed by atoms with Crippen LogP contribution in [0.4, 0.5) is 18.0 Å². The van der Waals surface area contributed by atoms with E-state index < -0.39 is 23.9 Å². The monoisotopic (exact) mass is 403 g/mol. The number of nitrogens with zero attached hydrogens (tertiary/aromatic N) is 3. The molecule has 2 heterocycles. The first-order chi connectivity index (χ1) is 12.7. The van der Waals surface area contributed by atoms with E-state index in [9.17, 15) is 23.1 Å². The van der Waals surface area contributed by atoms with Gasteiger partial charge >= 0.3 is 12.3 Å². The minimum Gasteiger partial charge on any atom is -0.491 e. The molecule has 0 aliphatic carbocycles. The van der Waals surface area contributed by atoms with Crippen molar-refractivity contribution in [2.45, 2.75) is 32.1 Å². The van der Waals surface area contributed by atoms with Gasteiger partial charge in [-0.2, -0.15) is 13.2 Å². The Kier molecular flexibility index (Phi) is 5.23. The van der Waals surface area contributed by atoms with E-state index in [1.807, 2.05) is 11.5 Å². The van der Waals surface area contributed by atoms with Gasteiger partial charge in [-0.1, -0.05) is 24.6 Å². The number of aryl methyl sites for hydroxylation is 1. The van der Waals surface area contributed by atoms with Crippen molar-refractivity contribution in [1.82, 2.24) is 14.5 Å². The predicted octanol–water partition coefficient (Wildman–Crippen LogP) is 4.23. The Morgan fingerprint density at radius 3 is 2.78 bits per heavy atom. The molecular formula is C17H17ClF3N3O3. The highest BCUT2D eigenvalue weighted by molar-refractivity contribution is 6.30. The summed E-state index contributed by atoms with van der Waals surface area (Å²) in [7, 11) is 0. The summed E-state index contributed by atoms with van der Waals surface area (Å²) < 4.78 is 45.9. The zero-order valence-corrected chi connectivity index (χ0v) is 15.1. The maximum absolute atomic E-state index is 12.9. The SMILES string of the molecule is CCc1nc(Cl)c2n1CCN(C(=O)O)C2COc1cccc(C(F)(F)F)c1. The van der Waals surface area contributed by atoms with Gasteiger partial charge in [-0.25, -0.2) is 9.78 Å². The van der Waals surface area contributed by atoms with Crippen LogP contribution in [-0.4, -0.2) is 38.8 Å². The molecule has 1 aromatic heterocycles. The summed E-state index contributed by atoms with van der Waals surface area (Å²) in [5.41, 5.74) is -0.343. The van der Waals surface area contributed by atoms with Gasteiger partial charge in [0.1, 0.15) is 24.2 Å². The Bertz CT molecular complexity index is 854. The van der Waals surface area contributed by atoms with Crippen LogP contribution in [0.15, 0.2) is 24.3 Å². The summed E-state index contributed by atoms with van der Waals surface area (Å²) in [6.07, 6.45) is -5.03. The Labute approximate surface area is 158 Å². The van der Waals surface area contributed by atoms with Crippen LogP contribution >= 0.6 is 11.6 Å². The quantitative estimate of drug-likeness (QED) is 0.829. The molecule has 146 valence electrons. The van der Waals surface area contributed by atoms with Crippen molar-refractivity contribution < 1.29 is 27.8 Å². The van der Waals surface area contributed by atoms with Crippen LogP contribution in [0, 0.1) is 0 Å². The fraction of sp³-hybridized carbons (Fsp3) is 0.412. The number of aromatic nitrogens is 2. The van der Waals surface area contributed by atoms with E-state index in [-0.39, 0.29) is 24.1 Å². The summed E-state index contributed by atoms with van der Waals surface area (Å²) in [6.45, 7) is 2.34. The van der Waals surface area contributed by atoms with Crippen molar-refractivity contribution in [3.05, 3.63) is 46.5 Å². The standard InChI is InChI=1S/C17H17ClF3N3O3/c1-2-13-22-15(18)14-12(23(16(25)26)6-7-24(13)14)9-27-11-5-3-4-10(8-11)17(19,20)21/h3-5,8,12H,2,6-7,9H2,1H3,(H,25,26). The number of carboxylic acid groups (broad SMARTS) is 1. The van der Waals surface area contributed by atoms with Crippen molar-refractivity contribution in [2.75, 3.05) is 13.2 Å². The van der Waals surface area contributed by atoms with E-state index in [2.05, 4.69) is 4.98 Å². The fourth-order valence-corrected chi connectivity index (χ4v) is 3.49. The van der Waals surface area contributed by atoms with Gasteiger partial charge in [-0.15, -0.1) is 0 Å². The molecule has 10 heteroatoms. The summed E-state index contributed by atoms with van der Waals surface area (Å²) in [4.78, 5) is 17.0. The van der Waals surface area contributed by atoms with E-state index in [0.29, 0.717) is 18.7 Å². The zero-order chi connectivity index (χ0) is 19.8. The number of halogens is 4. The van der Waals surface area contributed by atoms with Crippen LogP contribution in [0.25, 0.3) is 0 Å². The number of ether oxygens (including phenoxy) is 1. The predicted molar refractivity (Wildman–Crippen MR) is 91.0 cm³/mol. The number of amides is 1. The molecule has 0 fully saturated rings. The highest BCUT2D eigenvalue weighted by Crippen LogP contribution is 2.34. The first-order valence-corrected chi connectivity index (χ1v) is 8.64. The number of alkyl halides is 3. The van der Waals surface area contributed by atoms with E-state index >= 15 is 0 Å². The average Bonchev–Trinajstić information content (AvgIpc) is 2.95. The second-order valence-corrected chi connectivity index (χ2v) is 6.40. The zero-order valence-electron chi connectivity index (χ0n) is 14.3.